The number of para-hydroxylation sites is 1. The second-order valence-corrected chi connectivity index (χ2v) is 6.21. The summed E-state index contributed by atoms with van der Waals surface area (Å²) in [7, 11) is 0. The Morgan fingerprint density at radius 1 is 1.30 bits per heavy atom. The summed E-state index contributed by atoms with van der Waals surface area (Å²) in [5, 5.41) is 13.1. The van der Waals surface area contributed by atoms with Crippen molar-refractivity contribution < 1.29 is 9.84 Å². The summed E-state index contributed by atoms with van der Waals surface area (Å²) in [5.41, 5.74) is 1.06. The third-order valence-corrected chi connectivity index (χ3v) is 3.95. The number of nitrogens with one attached hydrogen (secondary N) is 1. The second-order valence-electron chi connectivity index (χ2n) is 6.21. The summed E-state index contributed by atoms with van der Waals surface area (Å²) in [6.45, 7) is 5.14. The molecule has 0 spiro atoms. The van der Waals surface area contributed by atoms with Crippen LogP contribution in [0, 0.1) is 6.92 Å². The summed E-state index contributed by atoms with van der Waals surface area (Å²) in [6.07, 6.45) is 5.61. The van der Waals surface area contributed by atoms with E-state index in [0.717, 1.165) is 31.6 Å². The zero-order chi connectivity index (χ0) is 14.4. The number of rotatable bonds is 9. The maximum absolute atomic E-state index is 9.54. The van der Waals surface area contributed by atoms with Gasteiger partial charge in [0.2, 0.25) is 0 Å². The molecule has 0 saturated heterocycles. The van der Waals surface area contributed by atoms with Crippen LogP contribution in [0.2, 0.25) is 0 Å². The number of hydrogen-bond donors (Lipinski definition) is 2. The van der Waals surface area contributed by atoms with Gasteiger partial charge in [-0.25, -0.2) is 0 Å². The summed E-state index contributed by atoms with van der Waals surface area (Å²) >= 11 is 0. The fourth-order valence-corrected chi connectivity index (χ4v) is 2.44. The van der Waals surface area contributed by atoms with Crippen molar-refractivity contribution in [1.82, 2.24) is 5.32 Å². The van der Waals surface area contributed by atoms with E-state index in [-0.39, 0.29) is 12.1 Å². The van der Waals surface area contributed by atoms with E-state index in [1.807, 2.05) is 18.2 Å². The van der Waals surface area contributed by atoms with Crippen molar-refractivity contribution in [2.75, 3.05) is 13.2 Å². The fourth-order valence-electron chi connectivity index (χ4n) is 2.44. The monoisotopic (exact) mass is 277 g/mol. The molecule has 2 rings (SSSR count). The quantitative estimate of drug-likeness (QED) is 0.682. The summed E-state index contributed by atoms with van der Waals surface area (Å²) in [6, 6.07) is 8.75. The van der Waals surface area contributed by atoms with Crippen LogP contribution in [0.4, 0.5) is 0 Å². The van der Waals surface area contributed by atoms with E-state index in [2.05, 4.69) is 25.2 Å². The largest absolute Gasteiger partial charge is 0.493 e. The van der Waals surface area contributed by atoms with Gasteiger partial charge in [0.15, 0.2) is 0 Å². The Morgan fingerprint density at radius 2 is 2.05 bits per heavy atom. The van der Waals surface area contributed by atoms with Crippen molar-refractivity contribution >= 4 is 0 Å². The van der Waals surface area contributed by atoms with Gasteiger partial charge in [-0.15, -0.1) is 0 Å². The molecule has 1 aliphatic rings. The molecule has 1 aromatic rings. The van der Waals surface area contributed by atoms with Crippen molar-refractivity contribution in [3.63, 3.8) is 0 Å². The van der Waals surface area contributed by atoms with Crippen LogP contribution in [-0.2, 0) is 0 Å². The van der Waals surface area contributed by atoms with Gasteiger partial charge in [0, 0.05) is 11.6 Å². The van der Waals surface area contributed by atoms with Crippen LogP contribution < -0.4 is 10.1 Å². The smallest absolute Gasteiger partial charge is 0.122 e. The lowest BCUT2D eigenvalue weighted by Gasteiger charge is -2.29. The molecule has 0 aliphatic heterocycles. The number of unbranched alkanes of at least 4 members (excludes halogenated alkanes) is 1. The van der Waals surface area contributed by atoms with Gasteiger partial charge in [-0.3, -0.25) is 0 Å². The van der Waals surface area contributed by atoms with Crippen molar-refractivity contribution in [1.29, 1.82) is 0 Å². The predicted molar refractivity (Wildman–Crippen MR) is 82.2 cm³/mol. The van der Waals surface area contributed by atoms with Gasteiger partial charge in [0.05, 0.1) is 13.2 Å². The molecule has 0 bridgehead atoms. The molecule has 20 heavy (non-hydrogen) atoms. The van der Waals surface area contributed by atoms with Crippen LogP contribution in [0.25, 0.3) is 0 Å². The number of ether oxygens (including phenoxy) is 1. The van der Waals surface area contributed by atoms with Gasteiger partial charge in [-0.05, 0) is 57.6 Å². The van der Waals surface area contributed by atoms with Gasteiger partial charge < -0.3 is 15.2 Å². The molecule has 1 unspecified atom stereocenters. The number of aliphatic hydroxyl groups is 1. The van der Waals surface area contributed by atoms with Crippen LogP contribution in [0.15, 0.2) is 24.3 Å². The van der Waals surface area contributed by atoms with Crippen LogP contribution in [0.3, 0.4) is 0 Å². The van der Waals surface area contributed by atoms with Crippen molar-refractivity contribution in [2.24, 2.45) is 0 Å². The van der Waals surface area contributed by atoms with Gasteiger partial charge in [0.1, 0.15) is 5.75 Å². The molecule has 3 nitrogen and oxygen atoms in total. The van der Waals surface area contributed by atoms with Gasteiger partial charge in [-0.1, -0.05) is 18.2 Å². The number of aliphatic hydroxyl groups excluding tert-OH is 1. The Hall–Kier alpha value is -1.06. The first-order valence-corrected chi connectivity index (χ1v) is 7.70. The Labute approximate surface area is 122 Å². The molecule has 2 N–H and O–H groups in total. The Kier molecular flexibility index (Phi) is 5.44. The highest BCUT2D eigenvalue weighted by atomic mass is 16.5. The second kappa shape index (κ2) is 7.09. The van der Waals surface area contributed by atoms with E-state index in [1.54, 1.807) is 0 Å². The number of hydrogen-bond acceptors (Lipinski definition) is 3. The van der Waals surface area contributed by atoms with E-state index < -0.39 is 0 Å². The molecule has 0 radical (unpaired) electrons. The van der Waals surface area contributed by atoms with Crippen LogP contribution >= 0.6 is 0 Å². The van der Waals surface area contributed by atoms with Crippen molar-refractivity contribution in [3.8, 4) is 5.75 Å². The third-order valence-electron chi connectivity index (χ3n) is 3.95. The number of benzene rings is 1. The van der Waals surface area contributed by atoms with Gasteiger partial charge in [0.25, 0.3) is 0 Å². The maximum Gasteiger partial charge on any atom is 0.122 e. The third kappa shape index (κ3) is 4.80. The molecule has 1 aliphatic carbocycles. The molecule has 1 saturated carbocycles. The molecule has 112 valence electrons. The molecule has 0 heterocycles. The minimum Gasteiger partial charge on any atom is -0.493 e. The lowest BCUT2D eigenvalue weighted by molar-refractivity contribution is 0.158. The molecule has 1 aromatic carbocycles. The van der Waals surface area contributed by atoms with E-state index in [1.165, 1.54) is 18.4 Å². The summed E-state index contributed by atoms with van der Waals surface area (Å²) in [4.78, 5) is 0. The average molecular weight is 277 g/mol. The van der Waals surface area contributed by atoms with Crippen LogP contribution in [-0.4, -0.2) is 29.9 Å². The maximum atomic E-state index is 9.54. The molecule has 3 heteroatoms. The normalized spacial score (nSPS) is 17.8. The molecular formula is C17H27NO2. The number of aryl methyl sites for hydroxylation is 1. The first-order chi connectivity index (χ1) is 9.63. The van der Waals surface area contributed by atoms with Crippen LogP contribution in [0.1, 0.15) is 44.6 Å². The van der Waals surface area contributed by atoms with Crippen molar-refractivity contribution in [3.05, 3.63) is 29.8 Å². The van der Waals surface area contributed by atoms with E-state index in [0.29, 0.717) is 6.04 Å². The van der Waals surface area contributed by atoms with Crippen LogP contribution in [0.5, 0.6) is 5.75 Å². The Morgan fingerprint density at radius 3 is 2.70 bits per heavy atom. The first kappa shape index (κ1) is 15.3. The Balaban J connectivity index is 1.64. The minimum atomic E-state index is -0.121. The lowest BCUT2D eigenvalue weighted by atomic mass is 9.95. The predicted octanol–water partition coefficient (Wildman–Crippen LogP) is 3.05. The highest BCUT2D eigenvalue weighted by molar-refractivity contribution is 5.31. The Bertz CT molecular complexity index is 417. The van der Waals surface area contributed by atoms with Gasteiger partial charge in [-0.2, -0.15) is 0 Å². The summed E-state index contributed by atoms with van der Waals surface area (Å²) < 4.78 is 5.80. The average Bonchev–Trinajstić information content (AvgIpc) is 3.24. The van der Waals surface area contributed by atoms with E-state index in [4.69, 9.17) is 4.74 Å². The molecule has 1 fully saturated rings. The lowest BCUT2D eigenvalue weighted by Crippen LogP contribution is -2.46. The SMILES string of the molecule is Cc1ccccc1OCCCCC(C)(CO)NC1CC1. The standard InChI is InChI=1S/C17H27NO2/c1-14-7-3-4-8-16(14)20-12-6-5-11-17(2,13-19)18-15-9-10-15/h3-4,7-8,15,18-19H,5-6,9-13H2,1-2H3. The zero-order valence-electron chi connectivity index (χ0n) is 12.7. The summed E-state index contributed by atoms with van der Waals surface area (Å²) in [5.74, 6) is 0.980. The van der Waals surface area contributed by atoms with Gasteiger partial charge >= 0.3 is 0 Å². The van der Waals surface area contributed by atoms with E-state index in [9.17, 15) is 5.11 Å². The molecule has 1 atom stereocenters. The molecule has 0 amide bonds. The molecular weight excluding hydrogens is 250 g/mol. The minimum absolute atomic E-state index is 0.121. The topological polar surface area (TPSA) is 41.5 Å². The fraction of sp³-hybridized carbons (Fsp3) is 0.647. The highest BCUT2D eigenvalue weighted by Crippen LogP contribution is 2.25. The van der Waals surface area contributed by atoms with E-state index >= 15 is 0 Å². The highest BCUT2D eigenvalue weighted by Gasteiger charge is 2.31. The van der Waals surface area contributed by atoms with Crippen molar-refractivity contribution in [2.45, 2.75) is 57.5 Å². The first-order valence-electron chi connectivity index (χ1n) is 7.70. The zero-order valence-corrected chi connectivity index (χ0v) is 12.7. The molecule has 0 aromatic heterocycles.